The molecule has 1 N–H and O–H groups in total. The summed E-state index contributed by atoms with van der Waals surface area (Å²) in [6, 6.07) is 10.6. The van der Waals surface area contributed by atoms with Crippen LogP contribution in [-0.2, 0) is 13.0 Å². The van der Waals surface area contributed by atoms with E-state index < -0.39 is 0 Å². The SMILES string of the molecule is CCCNC1CCN(Cc2ccc(CC)cc2)C(C)C1. The Labute approximate surface area is 124 Å². The molecule has 1 fully saturated rings. The van der Waals surface area contributed by atoms with Crippen molar-refractivity contribution in [3.05, 3.63) is 35.4 Å². The molecule has 0 aromatic heterocycles. The van der Waals surface area contributed by atoms with Crippen molar-refractivity contribution in [2.45, 2.75) is 65.1 Å². The molecule has 0 aliphatic carbocycles. The minimum atomic E-state index is 0.684. The molecule has 112 valence electrons. The minimum absolute atomic E-state index is 0.684. The topological polar surface area (TPSA) is 15.3 Å². The Kier molecular flexibility index (Phi) is 6.06. The molecular formula is C18H30N2. The van der Waals surface area contributed by atoms with Crippen LogP contribution >= 0.6 is 0 Å². The molecule has 0 bridgehead atoms. The smallest absolute Gasteiger partial charge is 0.0236 e. The second-order valence-corrected chi connectivity index (χ2v) is 6.16. The van der Waals surface area contributed by atoms with Crippen LogP contribution in [0, 0.1) is 0 Å². The van der Waals surface area contributed by atoms with E-state index in [2.05, 4.69) is 55.3 Å². The van der Waals surface area contributed by atoms with E-state index in [1.165, 1.54) is 36.9 Å². The Hall–Kier alpha value is -0.860. The first-order valence-electron chi connectivity index (χ1n) is 8.28. The fraction of sp³-hybridized carbons (Fsp3) is 0.667. The minimum Gasteiger partial charge on any atom is -0.314 e. The van der Waals surface area contributed by atoms with E-state index in [-0.39, 0.29) is 0 Å². The lowest BCUT2D eigenvalue weighted by molar-refractivity contribution is 0.129. The van der Waals surface area contributed by atoms with Gasteiger partial charge in [-0.25, -0.2) is 0 Å². The van der Waals surface area contributed by atoms with Gasteiger partial charge in [-0.1, -0.05) is 38.1 Å². The number of nitrogens with zero attached hydrogens (tertiary/aromatic N) is 1. The Morgan fingerprint density at radius 2 is 1.85 bits per heavy atom. The van der Waals surface area contributed by atoms with E-state index in [9.17, 15) is 0 Å². The maximum Gasteiger partial charge on any atom is 0.0236 e. The summed E-state index contributed by atoms with van der Waals surface area (Å²) < 4.78 is 0. The van der Waals surface area contributed by atoms with Gasteiger partial charge in [0.2, 0.25) is 0 Å². The second-order valence-electron chi connectivity index (χ2n) is 6.16. The van der Waals surface area contributed by atoms with Gasteiger partial charge in [0.25, 0.3) is 0 Å². The van der Waals surface area contributed by atoms with Crippen molar-refractivity contribution in [1.82, 2.24) is 10.2 Å². The highest BCUT2D eigenvalue weighted by molar-refractivity contribution is 5.22. The normalized spacial score (nSPS) is 23.9. The van der Waals surface area contributed by atoms with Crippen molar-refractivity contribution in [2.24, 2.45) is 0 Å². The molecule has 0 radical (unpaired) electrons. The lowest BCUT2D eigenvalue weighted by Gasteiger charge is -2.38. The van der Waals surface area contributed by atoms with Gasteiger partial charge in [0.05, 0.1) is 0 Å². The lowest BCUT2D eigenvalue weighted by atomic mass is 9.97. The standard InChI is InChI=1S/C18H30N2/c1-4-11-19-18-10-12-20(15(3)13-18)14-17-8-6-16(5-2)7-9-17/h6-9,15,18-19H,4-5,10-14H2,1-3H3. The molecular weight excluding hydrogens is 244 g/mol. The maximum absolute atomic E-state index is 3.67. The van der Waals surface area contributed by atoms with Crippen LogP contribution in [0.1, 0.15) is 51.2 Å². The van der Waals surface area contributed by atoms with Crippen LogP contribution in [0.5, 0.6) is 0 Å². The van der Waals surface area contributed by atoms with Crippen LogP contribution < -0.4 is 5.32 Å². The van der Waals surface area contributed by atoms with Crippen LogP contribution in [0.25, 0.3) is 0 Å². The Balaban J connectivity index is 1.84. The first kappa shape index (κ1) is 15.5. The highest BCUT2D eigenvalue weighted by Gasteiger charge is 2.24. The second kappa shape index (κ2) is 7.80. The van der Waals surface area contributed by atoms with Crippen molar-refractivity contribution < 1.29 is 0 Å². The van der Waals surface area contributed by atoms with Gasteiger partial charge in [-0.3, -0.25) is 4.90 Å². The third kappa shape index (κ3) is 4.32. The summed E-state index contributed by atoms with van der Waals surface area (Å²) >= 11 is 0. The zero-order chi connectivity index (χ0) is 14.4. The lowest BCUT2D eigenvalue weighted by Crippen LogP contribution is -2.47. The average Bonchev–Trinajstić information content (AvgIpc) is 2.48. The first-order valence-corrected chi connectivity index (χ1v) is 8.28. The number of likely N-dealkylation sites (tertiary alicyclic amines) is 1. The van der Waals surface area contributed by atoms with E-state index >= 15 is 0 Å². The predicted molar refractivity (Wildman–Crippen MR) is 87.0 cm³/mol. The summed E-state index contributed by atoms with van der Waals surface area (Å²) in [4.78, 5) is 2.63. The number of hydrogen-bond donors (Lipinski definition) is 1. The summed E-state index contributed by atoms with van der Waals surface area (Å²) in [7, 11) is 0. The van der Waals surface area contributed by atoms with Gasteiger partial charge in [0, 0.05) is 25.2 Å². The quantitative estimate of drug-likeness (QED) is 0.852. The molecule has 0 saturated carbocycles. The first-order chi connectivity index (χ1) is 9.72. The number of aryl methyl sites for hydroxylation is 1. The summed E-state index contributed by atoms with van der Waals surface area (Å²) in [6.07, 6.45) is 4.94. The maximum atomic E-state index is 3.67. The summed E-state index contributed by atoms with van der Waals surface area (Å²) in [6.45, 7) is 10.3. The average molecular weight is 274 g/mol. The van der Waals surface area contributed by atoms with E-state index in [4.69, 9.17) is 0 Å². The Morgan fingerprint density at radius 3 is 2.45 bits per heavy atom. The van der Waals surface area contributed by atoms with Crippen molar-refractivity contribution >= 4 is 0 Å². The molecule has 1 heterocycles. The number of hydrogen-bond acceptors (Lipinski definition) is 2. The van der Waals surface area contributed by atoms with Gasteiger partial charge in [0.15, 0.2) is 0 Å². The summed E-state index contributed by atoms with van der Waals surface area (Å²) in [5.74, 6) is 0. The predicted octanol–water partition coefficient (Wildman–Crippen LogP) is 3.60. The zero-order valence-electron chi connectivity index (χ0n) is 13.4. The van der Waals surface area contributed by atoms with Crippen molar-refractivity contribution in [3.63, 3.8) is 0 Å². The Bertz CT molecular complexity index is 385. The largest absolute Gasteiger partial charge is 0.314 e. The van der Waals surface area contributed by atoms with Gasteiger partial charge in [-0.15, -0.1) is 0 Å². The third-order valence-corrected chi connectivity index (χ3v) is 4.51. The fourth-order valence-electron chi connectivity index (χ4n) is 3.10. The molecule has 0 amide bonds. The molecule has 2 atom stereocenters. The van der Waals surface area contributed by atoms with Crippen LogP contribution in [0.2, 0.25) is 0 Å². The fourth-order valence-corrected chi connectivity index (χ4v) is 3.10. The molecule has 2 nitrogen and oxygen atoms in total. The van der Waals surface area contributed by atoms with Crippen LogP contribution in [0.4, 0.5) is 0 Å². The molecule has 1 aromatic rings. The van der Waals surface area contributed by atoms with Gasteiger partial charge < -0.3 is 5.32 Å². The molecule has 1 aliphatic heterocycles. The third-order valence-electron chi connectivity index (χ3n) is 4.51. The molecule has 1 saturated heterocycles. The molecule has 2 rings (SSSR count). The molecule has 1 aromatic carbocycles. The van der Waals surface area contributed by atoms with E-state index in [0.29, 0.717) is 6.04 Å². The highest BCUT2D eigenvalue weighted by atomic mass is 15.2. The van der Waals surface area contributed by atoms with E-state index in [1.807, 2.05) is 0 Å². The van der Waals surface area contributed by atoms with Gasteiger partial charge in [-0.2, -0.15) is 0 Å². The van der Waals surface area contributed by atoms with E-state index in [0.717, 1.165) is 25.6 Å². The monoisotopic (exact) mass is 274 g/mol. The summed E-state index contributed by atoms with van der Waals surface area (Å²) in [5.41, 5.74) is 2.89. The number of nitrogens with one attached hydrogen (secondary N) is 1. The Morgan fingerprint density at radius 1 is 1.15 bits per heavy atom. The molecule has 20 heavy (non-hydrogen) atoms. The number of rotatable bonds is 6. The van der Waals surface area contributed by atoms with Crippen molar-refractivity contribution in [2.75, 3.05) is 13.1 Å². The highest BCUT2D eigenvalue weighted by Crippen LogP contribution is 2.20. The molecule has 0 spiro atoms. The summed E-state index contributed by atoms with van der Waals surface area (Å²) in [5, 5.41) is 3.67. The van der Waals surface area contributed by atoms with Gasteiger partial charge in [0.1, 0.15) is 0 Å². The van der Waals surface area contributed by atoms with Crippen LogP contribution in [-0.4, -0.2) is 30.1 Å². The molecule has 2 heteroatoms. The van der Waals surface area contributed by atoms with Crippen molar-refractivity contribution in [1.29, 1.82) is 0 Å². The van der Waals surface area contributed by atoms with Crippen LogP contribution in [0.15, 0.2) is 24.3 Å². The van der Waals surface area contributed by atoms with Crippen molar-refractivity contribution in [3.8, 4) is 0 Å². The number of piperidine rings is 1. The van der Waals surface area contributed by atoms with Gasteiger partial charge >= 0.3 is 0 Å². The van der Waals surface area contributed by atoms with Gasteiger partial charge in [-0.05, 0) is 50.3 Å². The van der Waals surface area contributed by atoms with E-state index in [1.54, 1.807) is 0 Å². The zero-order valence-corrected chi connectivity index (χ0v) is 13.4. The number of benzene rings is 1. The van der Waals surface area contributed by atoms with Crippen LogP contribution in [0.3, 0.4) is 0 Å². The molecule has 2 unspecified atom stereocenters. The molecule has 1 aliphatic rings.